The number of benzene rings is 3. The fourth-order valence-corrected chi connectivity index (χ4v) is 6.99. The lowest BCUT2D eigenvalue weighted by molar-refractivity contribution is -0.128. The molecule has 0 aliphatic carbocycles. The normalized spacial score (nSPS) is 11.8. The van der Waals surface area contributed by atoms with Crippen molar-refractivity contribution in [2.24, 2.45) is 5.73 Å². The zero-order valence-corrected chi connectivity index (χ0v) is 30.9. The second kappa shape index (κ2) is 20.1. The zero-order valence-electron chi connectivity index (χ0n) is 30.9. The highest BCUT2D eigenvalue weighted by atomic mass is 16.2. The standard InChI is InChI=1S/C43H54N6O4/c1-31(50)16-6-4-9-22-38(43(53)46-27-24-36-35-20-10-12-21-37(35)48-42(36)32-17-7-5-8-18-32)47-40(51)28-33-29-49(39-23-13-11-19-34(33)39)30-41(52)45-26-15-3-2-14-25-44/h5,7-8,10-13,17-21,23,29,38,48H,2-4,6,9,14-16,22,24-28,30,44H2,1H3,(H,45,52)(H,46,53)(H,47,51)/t38-/m0/s1. The minimum atomic E-state index is -0.722. The molecule has 0 saturated carbocycles. The third kappa shape index (κ3) is 11.4. The summed E-state index contributed by atoms with van der Waals surface area (Å²) in [6.07, 6.45) is 9.76. The number of Topliss-reactive ketones (excluding diaryl/α,β-unsaturated/α-hetero) is 1. The number of aromatic amines is 1. The van der Waals surface area contributed by atoms with Gasteiger partial charge in [-0.3, -0.25) is 14.4 Å². The number of para-hydroxylation sites is 2. The molecule has 5 rings (SSSR count). The molecule has 0 spiro atoms. The number of fused-ring (bicyclic) bond motifs is 2. The number of hydrogen-bond acceptors (Lipinski definition) is 5. The van der Waals surface area contributed by atoms with Gasteiger partial charge in [0.15, 0.2) is 0 Å². The Morgan fingerprint density at radius 1 is 0.755 bits per heavy atom. The van der Waals surface area contributed by atoms with E-state index >= 15 is 0 Å². The van der Waals surface area contributed by atoms with Crippen LogP contribution in [0.4, 0.5) is 0 Å². The lowest BCUT2D eigenvalue weighted by Gasteiger charge is -2.19. The van der Waals surface area contributed by atoms with E-state index < -0.39 is 6.04 Å². The van der Waals surface area contributed by atoms with Crippen LogP contribution in [0.25, 0.3) is 33.1 Å². The molecule has 0 radical (unpaired) electrons. The van der Waals surface area contributed by atoms with Gasteiger partial charge >= 0.3 is 0 Å². The minimum Gasteiger partial charge on any atom is -0.355 e. The molecule has 0 fully saturated rings. The monoisotopic (exact) mass is 718 g/mol. The molecule has 10 nitrogen and oxygen atoms in total. The van der Waals surface area contributed by atoms with E-state index in [0.29, 0.717) is 45.3 Å². The van der Waals surface area contributed by atoms with Crippen LogP contribution in [0.15, 0.2) is 85.1 Å². The summed E-state index contributed by atoms with van der Waals surface area (Å²) in [6.45, 7) is 3.44. The lowest BCUT2D eigenvalue weighted by atomic mass is 10.0. The molecular weight excluding hydrogens is 665 g/mol. The molecular formula is C43H54N6O4. The number of aromatic nitrogens is 2. The maximum absolute atomic E-state index is 13.7. The molecule has 3 amide bonds. The predicted octanol–water partition coefficient (Wildman–Crippen LogP) is 6.35. The van der Waals surface area contributed by atoms with Crippen molar-refractivity contribution in [2.75, 3.05) is 19.6 Å². The van der Waals surface area contributed by atoms with Gasteiger partial charge in [0.1, 0.15) is 18.4 Å². The Kier molecular flexibility index (Phi) is 14.8. The molecule has 5 aromatic rings. The Morgan fingerprint density at radius 3 is 2.26 bits per heavy atom. The molecule has 53 heavy (non-hydrogen) atoms. The number of carbonyl (C=O) groups is 4. The number of ketones is 1. The van der Waals surface area contributed by atoms with Gasteiger partial charge in [-0.1, -0.05) is 92.4 Å². The lowest BCUT2D eigenvalue weighted by Crippen LogP contribution is -2.47. The van der Waals surface area contributed by atoms with Gasteiger partial charge in [0, 0.05) is 53.2 Å². The second-order valence-electron chi connectivity index (χ2n) is 13.9. The van der Waals surface area contributed by atoms with Crippen LogP contribution >= 0.6 is 0 Å². The quantitative estimate of drug-likeness (QED) is 0.0529. The van der Waals surface area contributed by atoms with Gasteiger partial charge in [-0.05, 0) is 74.4 Å². The smallest absolute Gasteiger partial charge is 0.242 e. The van der Waals surface area contributed by atoms with Crippen LogP contribution < -0.4 is 21.7 Å². The Hall–Kier alpha value is -5.22. The summed E-state index contributed by atoms with van der Waals surface area (Å²) in [5.74, 6) is -0.421. The number of H-pyrrole nitrogens is 1. The summed E-state index contributed by atoms with van der Waals surface area (Å²) in [7, 11) is 0. The highest BCUT2D eigenvalue weighted by Gasteiger charge is 2.22. The first-order chi connectivity index (χ1) is 25.8. The third-order valence-electron chi connectivity index (χ3n) is 9.71. The van der Waals surface area contributed by atoms with Crippen molar-refractivity contribution in [3.8, 4) is 11.3 Å². The molecule has 0 aliphatic heterocycles. The molecule has 10 heteroatoms. The Morgan fingerprint density at radius 2 is 1.47 bits per heavy atom. The van der Waals surface area contributed by atoms with Gasteiger partial charge < -0.3 is 36.0 Å². The number of hydrogen-bond donors (Lipinski definition) is 5. The molecule has 0 bridgehead atoms. The average molecular weight is 719 g/mol. The van der Waals surface area contributed by atoms with Crippen LogP contribution in [0.3, 0.4) is 0 Å². The molecule has 0 saturated heterocycles. The Bertz CT molecular complexity index is 1960. The summed E-state index contributed by atoms with van der Waals surface area (Å²) in [5.41, 5.74) is 11.5. The van der Waals surface area contributed by atoms with Crippen molar-refractivity contribution in [2.45, 2.75) is 90.1 Å². The fraction of sp³-hybridized carbons (Fsp3) is 0.395. The third-order valence-corrected chi connectivity index (χ3v) is 9.71. The molecule has 0 unspecified atom stereocenters. The van der Waals surface area contributed by atoms with E-state index in [1.807, 2.05) is 65.4 Å². The summed E-state index contributed by atoms with van der Waals surface area (Å²) in [5, 5.41) is 11.1. The van der Waals surface area contributed by atoms with Crippen LogP contribution in [0.2, 0.25) is 0 Å². The highest BCUT2D eigenvalue weighted by Crippen LogP contribution is 2.30. The van der Waals surface area contributed by atoms with Crippen LogP contribution in [0.1, 0.15) is 75.8 Å². The van der Waals surface area contributed by atoms with Crippen molar-refractivity contribution in [1.29, 1.82) is 0 Å². The zero-order chi connectivity index (χ0) is 37.4. The second-order valence-corrected chi connectivity index (χ2v) is 13.9. The Labute approximate surface area is 312 Å². The topological polar surface area (TPSA) is 151 Å². The first-order valence-electron chi connectivity index (χ1n) is 19.1. The van der Waals surface area contributed by atoms with E-state index in [1.54, 1.807) is 6.92 Å². The van der Waals surface area contributed by atoms with Gasteiger partial charge in [0.25, 0.3) is 0 Å². The van der Waals surface area contributed by atoms with Crippen LogP contribution in [-0.4, -0.2) is 58.7 Å². The van der Waals surface area contributed by atoms with Crippen molar-refractivity contribution in [1.82, 2.24) is 25.5 Å². The van der Waals surface area contributed by atoms with Gasteiger partial charge in [0.05, 0.1) is 6.42 Å². The molecule has 6 N–H and O–H groups in total. The molecule has 2 aromatic heterocycles. The van der Waals surface area contributed by atoms with Crippen molar-refractivity contribution >= 4 is 45.3 Å². The molecule has 1 atom stereocenters. The fourth-order valence-electron chi connectivity index (χ4n) is 6.99. The van der Waals surface area contributed by atoms with Gasteiger partial charge in [-0.2, -0.15) is 0 Å². The first-order valence-corrected chi connectivity index (χ1v) is 19.1. The molecule has 3 aromatic carbocycles. The summed E-state index contributed by atoms with van der Waals surface area (Å²) in [6, 6.07) is 25.4. The summed E-state index contributed by atoms with van der Waals surface area (Å²) < 4.78 is 1.88. The van der Waals surface area contributed by atoms with Crippen LogP contribution in [-0.2, 0) is 38.6 Å². The molecule has 280 valence electrons. The number of nitrogens with one attached hydrogen (secondary N) is 4. The summed E-state index contributed by atoms with van der Waals surface area (Å²) >= 11 is 0. The SMILES string of the molecule is CC(=O)CCCCC[C@H](NC(=O)Cc1cn(CC(=O)NCCCCCCN)c2ccccc12)C(=O)NCCc1c(-c2ccccc2)[nH]c2ccccc12. The van der Waals surface area contributed by atoms with Gasteiger partial charge in [-0.15, -0.1) is 0 Å². The number of rotatable bonds is 22. The van der Waals surface area contributed by atoms with Crippen molar-refractivity contribution in [3.63, 3.8) is 0 Å². The number of carbonyl (C=O) groups excluding carboxylic acids is 4. The van der Waals surface area contributed by atoms with Crippen LogP contribution in [0, 0.1) is 0 Å². The summed E-state index contributed by atoms with van der Waals surface area (Å²) in [4.78, 5) is 55.1. The molecule has 2 heterocycles. The van der Waals surface area contributed by atoms with Crippen LogP contribution in [0.5, 0.6) is 0 Å². The van der Waals surface area contributed by atoms with E-state index in [9.17, 15) is 19.2 Å². The Balaban J connectivity index is 1.23. The largest absolute Gasteiger partial charge is 0.355 e. The maximum atomic E-state index is 13.7. The number of nitrogens with two attached hydrogens (primary N) is 1. The highest BCUT2D eigenvalue weighted by molar-refractivity contribution is 5.93. The minimum absolute atomic E-state index is 0.0696. The first kappa shape index (κ1) is 39.0. The molecule has 0 aliphatic rings. The number of unbranched alkanes of at least 4 members (excludes halogenated alkanes) is 5. The van der Waals surface area contributed by atoms with E-state index in [0.717, 1.165) is 82.7 Å². The predicted molar refractivity (Wildman–Crippen MR) is 212 cm³/mol. The van der Waals surface area contributed by atoms with Crippen molar-refractivity contribution in [3.05, 3.63) is 96.2 Å². The maximum Gasteiger partial charge on any atom is 0.242 e. The van der Waals surface area contributed by atoms with E-state index in [1.165, 1.54) is 0 Å². The van der Waals surface area contributed by atoms with E-state index in [4.69, 9.17) is 5.73 Å². The van der Waals surface area contributed by atoms with Gasteiger partial charge in [-0.25, -0.2) is 0 Å². The van der Waals surface area contributed by atoms with E-state index in [2.05, 4.69) is 45.2 Å². The number of nitrogens with zero attached hydrogens (tertiary/aromatic N) is 1. The number of amides is 3. The average Bonchev–Trinajstić information content (AvgIpc) is 3.70. The van der Waals surface area contributed by atoms with Crippen molar-refractivity contribution < 1.29 is 19.2 Å². The van der Waals surface area contributed by atoms with Gasteiger partial charge in [0.2, 0.25) is 17.7 Å². The van der Waals surface area contributed by atoms with E-state index in [-0.39, 0.29) is 36.5 Å².